The molecule has 0 aliphatic carbocycles. The highest BCUT2D eigenvalue weighted by atomic mass is 35.5. The van der Waals surface area contributed by atoms with Crippen LogP contribution in [0.2, 0.25) is 5.15 Å². The maximum Gasteiger partial charge on any atom is 0.257 e. The van der Waals surface area contributed by atoms with Crippen molar-refractivity contribution in [2.24, 2.45) is 0 Å². The third kappa shape index (κ3) is 7.64. The number of hydrogen-bond donors (Lipinski definition) is 1. The van der Waals surface area contributed by atoms with Crippen LogP contribution in [0.3, 0.4) is 0 Å². The Bertz CT molecular complexity index is 1310. The first-order chi connectivity index (χ1) is 18.7. The molecule has 8 heteroatoms. The van der Waals surface area contributed by atoms with E-state index in [0.717, 1.165) is 11.1 Å². The van der Waals surface area contributed by atoms with Crippen LogP contribution in [0.5, 0.6) is 0 Å². The lowest BCUT2D eigenvalue weighted by atomic mass is 9.85. The summed E-state index contributed by atoms with van der Waals surface area (Å²) in [5, 5.41) is 12.1. The van der Waals surface area contributed by atoms with E-state index in [-0.39, 0.29) is 37.7 Å². The van der Waals surface area contributed by atoms with Crippen molar-refractivity contribution < 1.29 is 14.0 Å². The molecule has 1 fully saturated rings. The molecule has 4 rings (SSSR count). The van der Waals surface area contributed by atoms with Gasteiger partial charge in [-0.1, -0.05) is 57.5 Å². The van der Waals surface area contributed by atoms with Crippen molar-refractivity contribution >= 4 is 29.1 Å². The van der Waals surface area contributed by atoms with E-state index in [1.54, 1.807) is 41.3 Å². The van der Waals surface area contributed by atoms with Gasteiger partial charge in [0.05, 0.1) is 17.2 Å². The van der Waals surface area contributed by atoms with Crippen LogP contribution in [-0.2, 0) is 5.67 Å². The Balaban J connectivity index is 0.00000127. The first kappa shape index (κ1) is 31.5. The van der Waals surface area contributed by atoms with Crippen LogP contribution >= 0.6 is 11.6 Å². The summed E-state index contributed by atoms with van der Waals surface area (Å²) in [6, 6.07) is 15.2. The van der Waals surface area contributed by atoms with E-state index in [4.69, 9.17) is 16.9 Å². The van der Waals surface area contributed by atoms with E-state index in [1.165, 1.54) is 12.3 Å². The highest BCUT2D eigenvalue weighted by Gasteiger charge is 2.38. The van der Waals surface area contributed by atoms with Crippen molar-refractivity contribution in [3.8, 4) is 6.07 Å². The second kappa shape index (κ2) is 14.4. The molecule has 0 bridgehead atoms. The molecule has 0 unspecified atom stereocenters. The number of benzene rings is 2. The lowest BCUT2D eigenvalue weighted by Crippen LogP contribution is -2.43. The topological polar surface area (TPSA) is 86.1 Å². The average Bonchev–Trinajstić information content (AvgIpc) is 2.97. The van der Waals surface area contributed by atoms with Crippen molar-refractivity contribution in [2.45, 2.75) is 60.1 Å². The summed E-state index contributed by atoms with van der Waals surface area (Å²) >= 11 is 5.79. The van der Waals surface area contributed by atoms with Gasteiger partial charge in [0.2, 0.25) is 0 Å². The van der Waals surface area contributed by atoms with E-state index in [1.807, 2.05) is 53.7 Å². The minimum atomic E-state index is -1.54. The molecule has 0 atom stereocenters. The first-order valence-corrected chi connectivity index (χ1v) is 13.6. The van der Waals surface area contributed by atoms with Gasteiger partial charge in [0.1, 0.15) is 10.8 Å². The van der Waals surface area contributed by atoms with Crippen LogP contribution < -0.4 is 5.32 Å². The van der Waals surface area contributed by atoms with Gasteiger partial charge < -0.3 is 10.2 Å². The molecule has 206 valence electrons. The van der Waals surface area contributed by atoms with Gasteiger partial charge in [-0.05, 0) is 60.9 Å². The van der Waals surface area contributed by atoms with E-state index in [0.29, 0.717) is 33.1 Å². The number of carbonyl (C=O) groups excluding carboxylic acids is 2. The highest BCUT2D eigenvalue weighted by molar-refractivity contribution is 6.29. The number of amides is 2. The number of rotatable bonds is 4. The Morgan fingerprint density at radius 2 is 1.62 bits per heavy atom. The number of likely N-dealkylation sites (tertiary alicyclic amines) is 1. The molecule has 1 saturated heterocycles. The number of nitriles is 1. The number of halogens is 2. The molecule has 39 heavy (non-hydrogen) atoms. The predicted molar refractivity (Wildman–Crippen MR) is 155 cm³/mol. The molecule has 0 saturated carbocycles. The normalized spacial score (nSPS) is 13.6. The standard InChI is InChI=1S/C27H24ClFN4O2.2C2H6/c1-17-13-18(2)23(32-25(34)20-5-8-24(28)31-16-20)14-22(17)26(35)33-11-9-27(29,10-12-33)21-6-3-19(15-30)4-7-21;2*1-2/h3-8,13-14,16H,9-12H2,1-2H3,(H,32,34);2*1-2H3. The Labute approximate surface area is 235 Å². The van der Waals surface area contributed by atoms with E-state index >= 15 is 4.39 Å². The van der Waals surface area contributed by atoms with Crippen molar-refractivity contribution in [1.82, 2.24) is 9.88 Å². The third-order valence-electron chi connectivity index (χ3n) is 6.41. The zero-order chi connectivity index (χ0) is 29.2. The van der Waals surface area contributed by atoms with Crippen LogP contribution in [0.1, 0.15) is 83.5 Å². The Morgan fingerprint density at radius 3 is 2.15 bits per heavy atom. The van der Waals surface area contributed by atoms with E-state index in [9.17, 15) is 9.59 Å². The van der Waals surface area contributed by atoms with E-state index in [2.05, 4.69) is 10.3 Å². The Kier molecular flexibility index (Phi) is 11.6. The second-order valence-electron chi connectivity index (χ2n) is 8.75. The van der Waals surface area contributed by atoms with Gasteiger partial charge in [0.15, 0.2) is 0 Å². The van der Waals surface area contributed by atoms with Crippen LogP contribution in [0.4, 0.5) is 10.1 Å². The Morgan fingerprint density at radius 1 is 1.00 bits per heavy atom. The molecular formula is C31H36ClFN4O2. The van der Waals surface area contributed by atoms with Crippen molar-refractivity contribution in [3.63, 3.8) is 0 Å². The van der Waals surface area contributed by atoms with Crippen LogP contribution in [0, 0.1) is 25.2 Å². The number of anilines is 1. The molecule has 1 aromatic heterocycles. The lowest BCUT2D eigenvalue weighted by molar-refractivity contribution is 0.0421. The van der Waals surface area contributed by atoms with Crippen LogP contribution in [-0.4, -0.2) is 34.8 Å². The third-order valence-corrected chi connectivity index (χ3v) is 6.64. The summed E-state index contributed by atoms with van der Waals surface area (Å²) in [7, 11) is 0. The SMILES string of the molecule is CC.CC.Cc1cc(C)c(C(=O)N2CCC(F)(c3ccc(C#N)cc3)CC2)cc1NC(=O)c1ccc(Cl)nc1. The highest BCUT2D eigenvalue weighted by Crippen LogP contribution is 2.37. The van der Waals surface area contributed by atoms with Crippen LogP contribution in [0.15, 0.2) is 54.7 Å². The van der Waals surface area contributed by atoms with Crippen molar-refractivity contribution in [1.29, 1.82) is 5.26 Å². The van der Waals surface area contributed by atoms with Crippen LogP contribution in [0.25, 0.3) is 0 Å². The van der Waals surface area contributed by atoms with Gasteiger partial charge >= 0.3 is 0 Å². The van der Waals surface area contributed by atoms with Crippen molar-refractivity contribution in [3.05, 3.63) is 93.3 Å². The molecule has 0 radical (unpaired) electrons. The molecule has 2 amide bonds. The summed E-state index contributed by atoms with van der Waals surface area (Å²) in [5.74, 6) is -0.560. The molecule has 1 N–H and O–H groups in total. The molecule has 0 spiro atoms. The number of nitrogens with one attached hydrogen (secondary N) is 1. The average molecular weight is 551 g/mol. The minimum absolute atomic E-state index is 0.169. The zero-order valence-corrected chi connectivity index (χ0v) is 24.2. The van der Waals surface area contributed by atoms with Crippen molar-refractivity contribution in [2.75, 3.05) is 18.4 Å². The second-order valence-corrected chi connectivity index (χ2v) is 9.14. The summed E-state index contributed by atoms with van der Waals surface area (Å²) in [6.45, 7) is 12.2. The van der Waals surface area contributed by atoms with Gasteiger partial charge in [0.25, 0.3) is 11.8 Å². The minimum Gasteiger partial charge on any atom is -0.338 e. The zero-order valence-electron chi connectivity index (χ0n) is 23.4. The summed E-state index contributed by atoms with van der Waals surface area (Å²) in [4.78, 5) is 31.6. The number of carbonyl (C=O) groups is 2. The number of aryl methyl sites for hydroxylation is 2. The summed E-state index contributed by atoms with van der Waals surface area (Å²) < 4.78 is 15.6. The predicted octanol–water partition coefficient (Wildman–Crippen LogP) is 7.63. The molecular weight excluding hydrogens is 515 g/mol. The molecule has 2 heterocycles. The molecule has 3 aromatic rings. The van der Waals surface area contributed by atoms with Gasteiger partial charge in [-0.25, -0.2) is 9.37 Å². The number of hydrogen-bond acceptors (Lipinski definition) is 4. The fourth-order valence-electron chi connectivity index (χ4n) is 4.29. The fraction of sp³-hybridized carbons (Fsp3) is 0.355. The number of pyridine rings is 1. The number of nitrogens with zero attached hydrogens (tertiary/aromatic N) is 3. The largest absolute Gasteiger partial charge is 0.338 e. The summed E-state index contributed by atoms with van der Waals surface area (Å²) in [6.07, 6.45) is 1.73. The summed E-state index contributed by atoms with van der Waals surface area (Å²) in [5.41, 5.74) is 2.39. The van der Waals surface area contributed by atoms with Gasteiger partial charge in [-0.15, -0.1) is 0 Å². The maximum atomic E-state index is 15.6. The van der Waals surface area contributed by atoms with E-state index < -0.39 is 5.67 Å². The van der Waals surface area contributed by atoms with Gasteiger partial charge in [0, 0.05) is 43.4 Å². The lowest BCUT2D eigenvalue weighted by Gasteiger charge is -2.37. The smallest absolute Gasteiger partial charge is 0.257 e. The molecule has 1 aliphatic rings. The molecule has 2 aromatic carbocycles. The molecule has 6 nitrogen and oxygen atoms in total. The first-order valence-electron chi connectivity index (χ1n) is 13.2. The monoisotopic (exact) mass is 550 g/mol. The maximum absolute atomic E-state index is 15.6. The number of aromatic nitrogens is 1. The Hall–Kier alpha value is -3.76. The fourth-order valence-corrected chi connectivity index (χ4v) is 4.40. The molecule has 1 aliphatic heterocycles. The van der Waals surface area contributed by atoms with Gasteiger partial charge in [-0.3, -0.25) is 9.59 Å². The quantitative estimate of drug-likeness (QED) is 0.338. The van der Waals surface area contributed by atoms with Gasteiger partial charge in [-0.2, -0.15) is 5.26 Å². The number of piperidine rings is 1. The number of alkyl halides is 1.